The van der Waals surface area contributed by atoms with Gasteiger partial charge in [0.1, 0.15) is 0 Å². The molecule has 2 N–H and O–H groups in total. The molecule has 1 heterocycles. The van der Waals surface area contributed by atoms with Crippen LogP contribution in [0.1, 0.15) is 22.5 Å². The van der Waals surface area contributed by atoms with E-state index >= 15 is 0 Å². The van der Waals surface area contributed by atoms with Crippen molar-refractivity contribution in [2.75, 3.05) is 14.1 Å². The van der Waals surface area contributed by atoms with E-state index in [-0.39, 0.29) is 18.1 Å². The van der Waals surface area contributed by atoms with Gasteiger partial charge in [-0.05, 0) is 37.6 Å². The van der Waals surface area contributed by atoms with Crippen LogP contribution in [0, 0.1) is 13.8 Å². The highest BCUT2D eigenvalue weighted by Gasteiger charge is 2.33. The fraction of sp³-hybridized carbons (Fsp3) is 0.375. The average molecular weight is 339 g/mol. The number of halogens is 3. The molecular formula is C16H20F3N5. The Balaban J connectivity index is 2.47. The number of guanidine groups is 1. The van der Waals surface area contributed by atoms with Crippen molar-refractivity contribution in [1.29, 1.82) is 0 Å². The molecule has 1 aromatic heterocycles. The van der Waals surface area contributed by atoms with Crippen molar-refractivity contribution >= 4 is 5.96 Å². The molecule has 0 saturated carbocycles. The third-order valence-electron chi connectivity index (χ3n) is 3.52. The van der Waals surface area contributed by atoms with Crippen molar-refractivity contribution in [2.24, 2.45) is 10.7 Å². The van der Waals surface area contributed by atoms with E-state index in [4.69, 9.17) is 5.73 Å². The number of nitrogens with two attached hydrogens (primary N) is 1. The van der Waals surface area contributed by atoms with Crippen LogP contribution in [-0.2, 0) is 12.7 Å². The van der Waals surface area contributed by atoms with Crippen molar-refractivity contribution < 1.29 is 13.2 Å². The maximum atomic E-state index is 13.4. The van der Waals surface area contributed by atoms with Gasteiger partial charge in [-0.15, -0.1) is 0 Å². The molecule has 0 saturated heterocycles. The second-order valence-corrected chi connectivity index (χ2v) is 5.75. The highest BCUT2D eigenvalue weighted by atomic mass is 19.4. The zero-order chi connectivity index (χ0) is 18.1. The van der Waals surface area contributed by atoms with Crippen LogP contribution in [0.5, 0.6) is 0 Å². The smallest absolute Gasteiger partial charge is 0.370 e. The van der Waals surface area contributed by atoms with E-state index in [1.54, 1.807) is 34.0 Å². The molecule has 5 nitrogen and oxygen atoms in total. The molecular weight excluding hydrogens is 319 g/mol. The van der Waals surface area contributed by atoms with Crippen molar-refractivity contribution in [3.8, 4) is 5.69 Å². The quantitative estimate of drug-likeness (QED) is 0.691. The summed E-state index contributed by atoms with van der Waals surface area (Å²) in [5, 5.41) is 4.23. The van der Waals surface area contributed by atoms with Crippen LogP contribution in [0.15, 0.2) is 29.3 Å². The summed E-state index contributed by atoms with van der Waals surface area (Å²) in [5.74, 6) is 0.172. The van der Waals surface area contributed by atoms with E-state index in [1.165, 1.54) is 15.6 Å². The standard InChI is InChI=1S/C16H20F3N5/c1-10-7-11(2)24(22-10)13-6-5-12(9-21-15(20)23(3)4)14(8-13)16(17,18)19/h5-8H,9H2,1-4H3,(H2,20,21). The lowest BCUT2D eigenvalue weighted by Crippen LogP contribution is -2.30. The molecule has 130 valence electrons. The first-order chi connectivity index (χ1) is 11.1. The minimum absolute atomic E-state index is 0.0672. The van der Waals surface area contributed by atoms with Crippen molar-refractivity contribution in [3.63, 3.8) is 0 Å². The van der Waals surface area contributed by atoms with Gasteiger partial charge >= 0.3 is 6.18 Å². The van der Waals surface area contributed by atoms with Gasteiger partial charge in [-0.2, -0.15) is 18.3 Å². The highest BCUT2D eigenvalue weighted by Crippen LogP contribution is 2.34. The second kappa shape index (κ2) is 6.54. The fourth-order valence-electron chi connectivity index (χ4n) is 2.30. The Hall–Kier alpha value is -2.51. The Labute approximate surface area is 138 Å². The van der Waals surface area contributed by atoms with Gasteiger partial charge < -0.3 is 10.6 Å². The molecule has 0 fully saturated rings. The summed E-state index contributed by atoms with van der Waals surface area (Å²) < 4.78 is 41.7. The van der Waals surface area contributed by atoms with Crippen LogP contribution in [0.3, 0.4) is 0 Å². The van der Waals surface area contributed by atoms with E-state index in [1.807, 2.05) is 6.07 Å². The van der Waals surface area contributed by atoms with Gasteiger partial charge in [0.15, 0.2) is 5.96 Å². The van der Waals surface area contributed by atoms with E-state index in [9.17, 15) is 13.2 Å². The monoisotopic (exact) mass is 339 g/mol. The first-order valence-electron chi connectivity index (χ1n) is 7.30. The van der Waals surface area contributed by atoms with Gasteiger partial charge in [-0.3, -0.25) is 0 Å². The topological polar surface area (TPSA) is 59.4 Å². The molecule has 0 spiro atoms. The molecule has 0 bridgehead atoms. The summed E-state index contributed by atoms with van der Waals surface area (Å²) in [6.07, 6.45) is -4.48. The zero-order valence-corrected chi connectivity index (χ0v) is 14.0. The normalized spacial score (nSPS) is 12.5. The largest absolute Gasteiger partial charge is 0.416 e. The summed E-state index contributed by atoms with van der Waals surface area (Å²) in [5.41, 5.74) is 6.85. The molecule has 0 aliphatic carbocycles. The molecule has 0 aliphatic heterocycles. The summed E-state index contributed by atoms with van der Waals surface area (Å²) in [6.45, 7) is 3.45. The van der Waals surface area contributed by atoms with Gasteiger partial charge in [-0.1, -0.05) is 6.07 Å². The first-order valence-corrected chi connectivity index (χ1v) is 7.30. The lowest BCUT2D eigenvalue weighted by Gasteiger charge is -2.15. The lowest BCUT2D eigenvalue weighted by atomic mass is 10.1. The molecule has 0 aliphatic rings. The minimum atomic E-state index is -4.48. The van der Waals surface area contributed by atoms with Crippen molar-refractivity contribution in [1.82, 2.24) is 14.7 Å². The van der Waals surface area contributed by atoms with E-state index in [0.717, 1.165) is 17.5 Å². The van der Waals surface area contributed by atoms with E-state index in [0.29, 0.717) is 5.69 Å². The Morgan fingerprint density at radius 2 is 1.92 bits per heavy atom. The van der Waals surface area contributed by atoms with Crippen LogP contribution in [0.4, 0.5) is 13.2 Å². The minimum Gasteiger partial charge on any atom is -0.370 e. The number of aryl methyl sites for hydroxylation is 2. The van der Waals surface area contributed by atoms with E-state index in [2.05, 4.69) is 10.1 Å². The number of hydrogen-bond donors (Lipinski definition) is 1. The predicted molar refractivity (Wildman–Crippen MR) is 87.1 cm³/mol. The van der Waals surface area contributed by atoms with Gasteiger partial charge in [-0.25, -0.2) is 9.67 Å². The number of hydrogen-bond acceptors (Lipinski definition) is 2. The van der Waals surface area contributed by atoms with Crippen LogP contribution < -0.4 is 5.73 Å². The summed E-state index contributed by atoms with van der Waals surface area (Å²) in [6, 6.07) is 5.92. The van der Waals surface area contributed by atoms with Crippen LogP contribution >= 0.6 is 0 Å². The van der Waals surface area contributed by atoms with Gasteiger partial charge in [0.25, 0.3) is 0 Å². The molecule has 0 unspecified atom stereocenters. The maximum absolute atomic E-state index is 13.4. The zero-order valence-electron chi connectivity index (χ0n) is 14.0. The third kappa shape index (κ3) is 3.87. The van der Waals surface area contributed by atoms with Crippen LogP contribution in [0.2, 0.25) is 0 Å². The molecule has 24 heavy (non-hydrogen) atoms. The Kier molecular flexibility index (Phi) is 4.86. The molecule has 1 aromatic carbocycles. The van der Waals surface area contributed by atoms with Crippen LogP contribution in [0.25, 0.3) is 5.69 Å². The SMILES string of the molecule is Cc1cc(C)n(-c2ccc(CN=C(N)N(C)C)c(C(F)(F)F)c2)n1. The molecule has 2 rings (SSSR count). The summed E-state index contributed by atoms with van der Waals surface area (Å²) in [4.78, 5) is 5.53. The second-order valence-electron chi connectivity index (χ2n) is 5.75. The number of aromatic nitrogens is 2. The Morgan fingerprint density at radius 3 is 2.42 bits per heavy atom. The lowest BCUT2D eigenvalue weighted by molar-refractivity contribution is -0.138. The molecule has 0 amide bonds. The van der Waals surface area contributed by atoms with E-state index < -0.39 is 11.7 Å². The van der Waals surface area contributed by atoms with Gasteiger partial charge in [0.2, 0.25) is 0 Å². The average Bonchev–Trinajstić information content (AvgIpc) is 2.82. The third-order valence-corrected chi connectivity index (χ3v) is 3.52. The Morgan fingerprint density at radius 1 is 1.25 bits per heavy atom. The molecule has 2 aromatic rings. The maximum Gasteiger partial charge on any atom is 0.416 e. The number of aliphatic imine (C=N–C) groups is 1. The molecule has 8 heteroatoms. The van der Waals surface area contributed by atoms with Gasteiger partial charge in [0, 0.05) is 19.8 Å². The number of rotatable bonds is 3. The Bertz CT molecular complexity index is 760. The molecule has 0 radical (unpaired) electrons. The first kappa shape index (κ1) is 17.8. The van der Waals surface area contributed by atoms with Crippen molar-refractivity contribution in [2.45, 2.75) is 26.6 Å². The van der Waals surface area contributed by atoms with Gasteiger partial charge in [0.05, 0.1) is 23.5 Å². The van der Waals surface area contributed by atoms with Crippen LogP contribution in [-0.4, -0.2) is 34.7 Å². The number of nitrogens with zero attached hydrogens (tertiary/aromatic N) is 4. The fourth-order valence-corrected chi connectivity index (χ4v) is 2.30. The number of alkyl halides is 3. The van der Waals surface area contributed by atoms with Crippen molar-refractivity contribution in [3.05, 3.63) is 46.8 Å². The molecule has 0 atom stereocenters. The predicted octanol–water partition coefficient (Wildman–Crippen LogP) is 2.88. The number of benzene rings is 1. The highest BCUT2D eigenvalue weighted by molar-refractivity contribution is 5.77. The summed E-state index contributed by atoms with van der Waals surface area (Å²) in [7, 11) is 3.35. The summed E-state index contributed by atoms with van der Waals surface area (Å²) >= 11 is 0.